The average Bonchev–Trinajstić information content (AvgIpc) is 3.30. The number of aryl methyl sites for hydroxylation is 2. The third-order valence-corrected chi connectivity index (χ3v) is 6.17. The molecule has 0 amide bonds. The van der Waals surface area contributed by atoms with Gasteiger partial charge in [-0.25, -0.2) is 4.98 Å². The van der Waals surface area contributed by atoms with Crippen LogP contribution >= 0.6 is 0 Å². The number of anilines is 2. The first-order chi connectivity index (χ1) is 17.0. The lowest BCUT2D eigenvalue weighted by molar-refractivity contribution is 0.768. The fourth-order valence-electron chi connectivity index (χ4n) is 4.43. The number of hydrogen-bond acceptors (Lipinski definition) is 6. The third-order valence-electron chi connectivity index (χ3n) is 6.17. The van der Waals surface area contributed by atoms with Crippen LogP contribution < -0.4 is 16.6 Å². The molecular weight excluding hydrogens is 438 g/mol. The highest BCUT2D eigenvalue weighted by Crippen LogP contribution is 2.30. The molecule has 0 bridgehead atoms. The molecule has 0 spiro atoms. The molecule has 3 aromatic heterocycles. The Bertz CT molecular complexity index is 1570. The molecular formula is C27H27N7O. The number of rotatable bonds is 6. The number of fused-ring (bicyclic) bond motifs is 1. The van der Waals surface area contributed by atoms with E-state index in [9.17, 15) is 4.79 Å². The van der Waals surface area contributed by atoms with Crippen LogP contribution in [0.5, 0.6) is 0 Å². The van der Waals surface area contributed by atoms with Gasteiger partial charge in [0.15, 0.2) is 0 Å². The van der Waals surface area contributed by atoms with E-state index in [0.717, 1.165) is 39.9 Å². The van der Waals surface area contributed by atoms with Gasteiger partial charge in [-0.15, -0.1) is 0 Å². The lowest BCUT2D eigenvalue weighted by atomic mass is 9.99. The molecule has 0 saturated carbocycles. The van der Waals surface area contributed by atoms with Gasteiger partial charge in [0.25, 0.3) is 5.56 Å². The van der Waals surface area contributed by atoms with Crippen LogP contribution in [0, 0.1) is 0 Å². The topological polar surface area (TPSA) is 104 Å². The summed E-state index contributed by atoms with van der Waals surface area (Å²) >= 11 is 0. The van der Waals surface area contributed by atoms with Crippen molar-refractivity contribution in [2.24, 2.45) is 7.05 Å². The van der Waals surface area contributed by atoms with Gasteiger partial charge in [0, 0.05) is 41.9 Å². The van der Waals surface area contributed by atoms with Crippen molar-refractivity contribution < 1.29 is 0 Å². The van der Waals surface area contributed by atoms with Crippen LogP contribution in [0.15, 0.2) is 78.0 Å². The van der Waals surface area contributed by atoms with Crippen molar-refractivity contribution in [3.8, 4) is 16.8 Å². The van der Waals surface area contributed by atoms with Crippen molar-refractivity contribution in [3.05, 3.63) is 94.8 Å². The zero-order valence-corrected chi connectivity index (χ0v) is 19.9. The Morgan fingerprint density at radius 3 is 2.60 bits per heavy atom. The number of para-hydroxylation sites is 1. The summed E-state index contributed by atoms with van der Waals surface area (Å²) in [6, 6.07) is 17.4. The predicted octanol–water partition coefficient (Wildman–Crippen LogP) is 4.50. The van der Waals surface area contributed by atoms with Crippen molar-refractivity contribution in [2.75, 3.05) is 11.1 Å². The Labute approximate surface area is 203 Å². The standard InChI is InChI=1S/C27H27N7O/c1-4-18-14-29-27(28)32-25(18)31-17(2)23-13-19-9-8-12-22(20-15-30-33(3)16-20)24(19)26(35)34(23)21-10-6-5-7-11-21/h5-17H,4H2,1-3H3,(H3,28,29,31,32). The second kappa shape index (κ2) is 9.06. The number of nitrogens with zero attached hydrogens (tertiary/aromatic N) is 5. The molecule has 5 rings (SSSR count). The van der Waals surface area contributed by atoms with Gasteiger partial charge < -0.3 is 11.1 Å². The van der Waals surface area contributed by atoms with Crippen molar-refractivity contribution in [1.82, 2.24) is 24.3 Å². The Hall–Kier alpha value is -4.46. The van der Waals surface area contributed by atoms with E-state index in [1.165, 1.54) is 0 Å². The maximum atomic E-state index is 14.1. The summed E-state index contributed by atoms with van der Waals surface area (Å²) < 4.78 is 3.51. The third kappa shape index (κ3) is 4.14. The fraction of sp³-hybridized carbons (Fsp3) is 0.185. The predicted molar refractivity (Wildman–Crippen MR) is 140 cm³/mol. The van der Waals surface area contributed by atoms with E-state index in [0.29, 0.717) is 11.2 Å². The summed E-state index contributed by atoms with van der Waals surface area (Å²) in [7, 11) is 1.87. The van der Waals surface area contributed by atoms with Crippen LogP contribution in [0.3, 0.4) is 0 Å². The number of nitrogens with two attached hydrogens (primary N) is 1. The Morgan fingerprint density at radius 1 is 1.09 bits per heavy atom. The number of nitrogens with one attached hydrogen (secondary N) is 1. The molecule has 5 aromatic rings. The molecule has 176 valence electrons. The average molecular weight is 466 g/mol. The molecule has 3 N–H and O–H groups in total. The first kappa shape index (κ1) is 22.3. The largest absolute Gasteiger partial charge is 0.368 e. The molecule has 0 aliphatic rings. The van der Waals surface area contributed by atoms with E-state index in [2.05, 4.69) is 26.4 Å². The maximum Gasteiger partial charge on any atom is 0.263 e. The monoisotopic (exact) mass is 465 g/mol. The number of aromatic nitrogens is 5. The van der Waals surface area contributed by atoms with Gasteiger partial charge in [0.1, 0.15) is 5.82 Å². The summed E-state index contributed by atoms with van der Waals surface area (Å²) in [6.07, 6.45) is 6.20. The minimum Gasteiger partial charge on any atom is -0.368 e. The highest BCUT2D eigenvalue weighted by Gasteiger charge is 2.20. The highest BCUT2D eigenvalue weighted by atomic mass is 16.1. The Kier molecular flexibility index (Phi) is 5.78. The number of hydrogen-bond donors (Lipinski definition) is 2. The van der Waals surface area contributed by atoms with E-state index >= 15 is 0 Å². The van der Waals surface area contributed by atoms with Crippen LogP contribution in [0.4, 0.5) is 11.8 Å². The minimum absolute atomic E-state index is 0.0882. The second-order valence-corrected chi connectivity index (χ2v) is 8.54. The number of nitrogen functional groups attached to an aromatic ring is 1. The first-order valence-corrected chi connectivity index (χ1v) is 11.6. The lowest BCUT2D eigenvalue weighted by Crippen LogP contribution is -2.26. The summed E-state index contributed by atoms with van der Waals surface area (Å²) in [5.41, 5.74) is 10.1. The maximum absolute atomic E-state index is 14.1. The molecule has 1 atom stereocenters. The van der Waals surface area contributed by atoms with Crippen molar-refractivity contribution >= 4 is 22.5 Å². The Morgan fingerprint density at radius 2 is 1.89 bits per heavy atom. The minimum atomic E-state index is -0.242. The van der Waals surface area contributed by atoms with Gasteiger partial charge in [-0.1, -0.05) is 43.3 Å². The summed E-state index contributed by atoms with van der Waals surface area (Å²) in [5, 5.41) is 9.29. The van der Waals surface area contributed by atoms with E-state index < -0.39 is 0 Å². The van der Waals surface area contributed by atoms with Crippen LogP contribution in [-0.4, -0.2) is 24.3 Å². The van der Waals surface area contributed by atoms with Crippen LogP contribution in [0.1, 0.15) is 31.1 Å². The quantitative estimate of drug-likeness (QED) is 0.383. The van der Waals surface area contributed by atoms with Crippen molar-refractivity contribution in [2.45, 2.75) is 26.3 Å². The van der Waals surface area contributed by atoms with Gasteiger partial charge in [0.05, 0.1) is 17.6 Å². The van der Waals surface area contributed by atoms with Crippen LogP contribution in [-0.2, 0) is 13.5 Å². The Balaban J connectivity index is 1.73. The van der Waals surface area contributed by atoms with E-state index in [4.69, 9.17) is 5.73 Å². The van der Waals surface area contributed by atoms with Crippen molar-refractivity contribution in [3.63, 3.8) is 0 Å². The lowest BCUT2D eigenvalue weighted by Gasteiger charge is -2.23. The summed E-state index contributed by atoms with van der Waals surface area (Å²) in [4.78, 5) is 22.7. The molecule has 8 heteroatoms. The zero-order valence-electron chi connectivity index (χ0n) is 19.9. The molecule has 2 aromatic carbocycles. The highest BCUT2D eigenvalue weighted by molar-refractivity contribution is 5.96. The smallest absolute Gasteiger partial charge is 0.263 e. The normalized spacial score (nSPS) is 12.1. The van der Waals surface area contributed by atoms with E-state index in [-0.39, 0.29) is 17.5 Å². The first-order valence-electron chi connectivity index (χ1n) is 11.6. The van der Waals surface area contributed by atoms with Gasteiger partial charge in [0.2, 0.25) is 5.95 Å². The molecule has 0 aliphatic carbocycles. The second-order valence-electron chi connectivity index (χ2n) is 8.54. The molecule has 0 saturated heterocycles. The summed E-state index contributed by atoms with van der Waals surface area (Å²) in [5.74, 6) is 0.876. The molecule has 0 aliphatic heterocycles. The molecule has 0 fully saturated rings. The summed E-state index contributed by atoms with van der Waals surface area (Å²) in [6.45, 7) is 4.06. The van der Waals surface area contributed by atoms with Gasteiger partial charge in [-0.05, 0) is 42.5 Å². The molecule has 35 heavy (non-hydrogen) atoms. The van der Waals surface area contributed by atoms with Crippen LogP contribution in [0.2, 0.25) is 0 Å². The van der Waals surface area contributed by atoms with Crippen molar-refractivity contribution in [1.29, 1.82) is 0 Å². The fourth-order valence-corrected chi connectivity index (χ4v) is 4.43. The van der Waals surface area contributed by atoms with Gasteiger partial charge in [-0.2, -0.15) is 10.1 Å². The van der Waals surface area contributed by atoms with E-state index in [1.54, 1.807) is 21.6 Å². The molecule has 1 unspecified atom stereocenters. The number of pyridine rings is 1. The van der Waals surface area contributed by atoms with Crippen LogP contribution in [0.25, 0.3) is 27.6 Å². The van der Waals surface area contributed by atoms with Gasteiger partial charge >= 0.3 is 0 Å². The molecule has 8 nitrogen and oxygen atoms in total. The number of benzene rings is 2. The molecule has 0 radical (unpaired) electrons. The zero-order chi connectivity index (χ0) is 24.5. The van der Waals surface area contributed by atoms with E-state index in [1.807, 2.05) is 75.6 Å². The molecule has 3 heterocycles. The SMILES string of the molecule is CCc1cnc(N)nc1NC(C)c1cc2cccc(-c3cnn(C)c3)c2c(=O)n1-c1ccccc1. The van der Waals surface area contributed by atoms with Gasteiger partial charge in [-0.3, -0.25) is 14.0 Å².